The summed E-state index contributed by atoms with van der Waals surface area (Å²) in [6.45, 7) is 1.97. The SMILES string of the molecule is CCC(Sc1cccc(NC(=S)Nc2ccccc2)c1)C(=O)Nc1cc(Cl)ccc1Cl. The van der Waals surface area contributed by atoms with Gasteiger partial charge in [-0.15, -0.1) is 11.8 Å². The van der Waals surface area contributed by atoms with Gasteiger partial charge >= 0.3 is 0 Å². The molecule has 0 aromatic heterocycles. The fourth-order valence-corrected chi connectivity index (χ4v) is 4.34. The number of rotatable bonds is 7. The van der Waals surface area contributed by atoms with Crippen LogP contribution in [0, 0.1) is 0 Å². The predicted octanol–water partition coefficient (Wildman–Crippen LogP) is 7.31. The highest BCUT2D eigenvalue weighted by molar-refractivity contribution is 8.00. The van der Waals surface area contributed by atoms with E-state index in [0.717, 1.165) is 16.3 Å². The molecule has 0 heterocycles. The maximum Gasteiger partial charge on any atom is 0.237 e. The van der Waals surface area contributed by atoms with Crippen LogP contribution >= 0.6 is 47.2 Å². The second-order valence-electron chi connectivity index (χ2n) is 6.60. The van der Waals surface area contributed by atoms with E-state index in [4.69, 9.17) is 35.4 Å². The molecule has 31 heavy (non-hydrogen) atoms. The van der Waals surface area contributed by atoms with Gasteiger partial charge in [0.05, 0.1) is 16.0 Å². The van der Waals surface area contributed by atoms with Crippen LogP contribution in [-0.2, 0) is 4.79 Å². The average Bonchev–Trinajstić information content (AvgIpc) is 2.75. The monoisotopic (exact) mass is 489 g/mol. The summed E-state index contributed by atoms with van der Waals surface area (Å²) in [5.41, 5.74) is 2.26. The molecule has 3 aromatic carbocycles. The molecule has 1 unspecified atom stereocenters. The van der Waals surface area contributed by atoms with Crippen LogP contribution in [0.1, 0.15) is 13.3 Å². The quantitative estimate of drug-likeness (QED) is 0.240. The summed E-state index contributed by atoms with van der Waals surface area (Å²) in [6.07, 6.45) is 0.653. The highest BCUT2D eigenvalue weighted by Gasteiger charge is 2.19. The Morgan fingerprint density at radius 3 is 2.39 bits per heavy atom. The maximum absolute atomic E-state index is 12.8. The molecule has 4 nitrogen and oxygen atoms in total. The van der Waals surface area contributed by atoms with E-state index >= 15 is 0 Å². The summed E-state index contributed by atoms with van der Waals surface area (Å²) < 4.78 is 0. The number of carbonyl (C=O) groups is 1. The molecule has 3 rings (SSSR count). The Bertz CT molecular complexity index is 1060. The summed E-state index contributed by atoms with van der Waals surface area (Å²) in [5, 5.41) is 10.4. The molecule has 160 valence electrons. The van der Waals surface area contributed by atoms with E-state index < -0.39 is 0 Å². The fraction of sp³-hybridized carbons (Fsp3) is 0.130. The fourth-order valence-electron chi connectivity index (χ4n) is 2.76. The van der Waals surface area contributed by atoms with Gasteiger partial charge in [0.25, 0.3) is 0 Å². The molecular weight excluding hydrogens is 469 g/mol. The molecule has 0 radical (unpaired) electrons. The minimum absolute atomic E-state index is 0.128. The zero-order valence-electron chi connectivity index (χ0n) is 16.7. The molecule has 0 fully saturated rings. The Morgan fingerprint density at radius 1 is 0.935 bits per heavy atom. The number of halogens is 2. The van der Waals surface area contributed by atoms with E-state index in [1.54, 1.807) is 18.2 Å². The van der Waals surface area contributed by atoms with E-state index in [2.05, 4.69) is 16.0 Å². The minimum atomic E-state index is -0.292. The zero-order chi connectivity index (χ0) is 22.2. The molecule has 0 aliphatic heterocycles. The van der Waals surface area contributed by atoms with E-state index in [0.29, 0.717) is 27.3 Å². The molecule has 0 spiro atoms. The van der Waals surface area contributed by atoms with E-state index in [9.17, 15) is 4.79 Å². The number of benzene rings is 3. The lowest BCUT2D eigenvalue weighted by Gasteiger charge is -2.16. The van der Waals surface area contributed by atoms with Crippen molar-refractivity contribution in [2.75, 3.05) is 16.0 Å². The number of hydrogen-bond donors (Lipinski definition) is 3. The highest BCUT2D eigenvalue weighted by atomic mass is 35.5. The summed E-state index contributed by atoms with van der Waals surface area (Å²) in [7, 11) is 0. The van der Waals surface area contributed by atoms with Crippen LogP contribution in [0.25, 0.3) is 0 Å². The largest absolute Gasteiger partial charge is 0.332 e. The Kier molecular flexibility index (Phi) is 8.60. The highest BCUT2D eigenvalue weighted by Crippen LogP contribution is 2.30. The van der Waals surface area contributed by atoms with E-state index in [1.165, 1.54) is 11.8 Å². The van der Waals surface area contributed by atoms with Crippen LogP contribution < -0.4 is 16.0 Å². The first-order valence-electron chi connectivity index (χ1n) is 9.60. The summed E-state index contributed by atoms with van der Waals surface area (Å²) in [6, 6.07) is 22.5. The van der Waals surface area contributed by atoms with E-state index in [-0.39, 0.29) is 11.2 Å². The third-order valence-electron chi connectivity index (χ3n) is 4.25. The van der Waals surface area contributed by atoms with Gasteiger partial charge in [-0.2, -0.15) is 0 Å². The molecule has 0 saturated heterocycles. The third-order valence-corrected chi connectivity index (χ3v) is 6.38. The third kappa shape index (κ3) is 7.14. The van der Waals surface area contributed by atoms with Crippen molar-refractivity contribution in [3.63, 3.8) is 0 Å². The normalized spacial score (nSPS) is 11.5. The lowest BCUT2D eigenvalue weighted by Crippen LogP contribution is -2.24. The first-order valence-corrected chi connectivity index (χ1v) is 11.6. The van der Waals surface area contributed by atoms with Crippen molar-refractivity contribution in [3.05, 3.63) is 82.8 Å². The van der Waals surface area contributed by atoms with Crippen LogP contribution in [-0.4, -0.2) is 16.3 Å². The van der Waals surface area contributed by atoms with E-state index in [1.807, 2.05) is 61.5 Å². The number of hydrogen-bond acceptors (Lipinski definition) is 3. The van der Waals surface area contributed by atoms with Gasteiger partial charge in [-0.1, -0.05) is 54.4 Å². The Morgan fingerprint density at radius 2 is 1.65 bits per heavy atom. The van der Waals surface area contributed by atoms with Crippen molar-refractivity contribution in [1.82, 2.24) is 0 Å². The van der Waals surface area contributed by atoms with Gasteiger partial charge in [0, 0.05) is 21.3 Å². The van der Waals surface area contributed by atoms with Crippen molar-refractivity contribution in [3.8, 4) is 0 Å². The Labute approximate surface area is 201 Å². The summed E-state index contributed by atoms with van der Waals surface area (Å²) in [5.74, 6) is -0.128. The lowest BCUT2D eigenvalue weighted by atomic mass is 10.2. The van der Waals surface area contributed by atoms with Crippen LogP contribution in [0.4, 0.5) is 17.1 Å². The van der Waals surface area contributed by atoms with Crippen LogP contribution in [0.2, 0.25) is 10.0 Å². The molecule has 0 bridgehead atoms. The second kappa shape index (κ2) is 11.4. The smallest absolute Gasteiger partial charge is 0.237 e. The van der Waals surface area contributed by atoms with Crippen molar-refractivity contribution < 1.29 is 4.79 Å². The molecule has 0 aliphatic rings. The molecular formula is C23H21Cl2N3OS2. The number of thioether (sulfide) groups is 1. The lowest BCUT2D eigenvalue weighted by molar-refractivity contribution is -0.115. The Balaban J connectivity index is 1.63. The molecule has 8 heteroatoms. The summed E-state index contributed by atoms with van der Waals surface area (Å²) in [4.78, 5) is 13.7. The van der Waals surface area contributed by atoms with Gasteiger partial charge in [0.1, 0.15) is 0 Å². The average molecular weight is 490 g/mol. The van der Waals surface area contributed by atoms with Crippen LogP contribution in [0.3, 0.4) is 0 Å². The molecule has 1 amide bonds. The van der Waals surface area contributed by atoms with Crippen LogP contribution in [0.15, 0.2) is 77.7 Å². The van der Waals surface area contributed by atoms with Crippen molar-refractivity contribution in [1.29, 1.82) is 0 Å². The second-order valence-corrected chi connectivity index (χ2v) is 9.13. The number of thiocarbonyl (C=S) groups is 1. The number of anilines is 3. The molecule has 3 aromatic rings. The van der Waals surface area contributed by atoms with Gasteiger partial charge in [-0.05, 0) is 67.2 Å². The zero-order valence-corrected chi connectivity index (χ0v) is 19.8. The number of para-hydroxylation sites is 1. The first-order chi connectivity index (χ1) is 14.9. The summed E-state index contributed by atoms with van der Waals surface area (Å²) >= 11 is 19.1. The van der Waals surface area contributed by atoms with Crippen LogP contribution in [0.5, 0.6) is 0 Å². The number of amides is 1. The van der Waals surface area contributed by atoms with Crippen molar-refractivity contribution >= 4 is 75.3 Å². The van der Waals surface area contributed by atoms with Gasteiger partial charge < -0.3 is 16.0 Å². The van der Waals surface area contributed by atoms with Crippen molar-refractivity contribution in [2.45, 2.75) is 23.5 Å². The molecule has 3 N–H and O–H groups in total. The topological polar surface area (TPSA) is 53.2 Å². The van der Waals surface area contributed by atoms with Gasteiger partial charge in [-0.25, -0.2) is 0 Å². The Hall–Kier alpha value is -2.25. The van der Waals surface area contributed by atoms with Gasteiger partial charge in [0.2, 0.25) is 5.91 Å². The van der Waals surface area contributed by atoms with Crippen molar-refractivity contribution in [2.24, 2.45) is 0 Å². The van der Waals surface area contributed by atoms with Gasteiger partial charge in [0.15, 0.2) is 5.11 Å². The number of nitrogens with one attached hydrogen (secondary N) is 3. The standard InChI is InChI=1S/C23H21Cl2N3OS2/c1-2-21(22(29)28-20-13-15(24)11-12-19(20)25)31-18-10-6-9-17(14-18)27-23(30)26-16-7-4-3-5-8-16/h3-14,21H,2H2,1H3,(H,28,29)(H2,26,27,30). The maximum atomic E-state index is 12.8. The predicted molar refractivity (Wildman–Crippen MR) is 138 cm³/mol. The minimum Gasteiger partial charge on any atom is -0.332 e. The molecule has 1 atom stereocenters. The number of carbonyl (C=O) groups excluding carboxylic acids is 1. The molecule has 0 saturated carbocycles. The molecule has 0 aliphatic carbocycles. The van der Waals surface area contributed by atoms with Gasteiger partial charge in [-0.3, -0.25) is 4.79 Å². The first kappa shape index (κ1) is 23.4.